The van der Waals surface area contributed by atoms with Crippen LogP contribution in [0.1, 0.15) is 6.92 Å². The minimum absolute atomic E-state index is 0. The molecule has 0 amide bonds. The first kappa shape index (κ1) is 20.2. The Morgan fingerprint density at radius 1 is 1.21 bits per heavy atom. The Kier molecular flexibility index (Phi) is 19.9. The monoisotopic (exact) mass is 300 g/mol. The molecule has 0 saturated heterocycles. The molecule has 0 spiro atoms. The van der Waals surface area contributed by atoms with Gasteiger partial charge in [0.2, 0.25) is 5.69 Å². The van der Waals surface area contributed by atoms with E-state index in [0.29, 0.717) is 0 Å². The van der Waals surface area contributed by atoms with Crippen LogP contribution in [-0.4, -0.2) is 9.79 Å². The molecule has 2 nitrogen and oxygen atoms in total. The van der Waals surface area contributed by atoms with Crippen molar-refractivity contribution in [2.45, 2.75) is 6.92 Å². The van der Waals surface area contributed by atoms with E-state index in [4.69, 9.17) is 9.79 Å². The second-order valence-electron chi connectivity index (χ2n) is 1.59. The molecule has 0 aliphatic heterocycles. The van der Waals surface area contributed by atoms with Gasteiger partial charge < -0.3 is 16.7 Å². The van der Waals surface area contributed by atoms with Crippen LogP contribution in [0.4, 0.5) is 0 Å². The Hall–Kier alpha value is 0.763. The number of hydrogen-bond donors (Lipinski definition) is 3. The van der Waals surface area contributed by atoms with Gasteiger partial charge in [-0.1, -0.05) is 12.2 Å². The van der Waals surface area contributed by atoms with Crippen molar-refractivity contribution in [1.82, 2.24) is 0 Å². The van der Waals surface area contributed by atoms with Crippen LogP contribution < -0.4 is 0 Å². The van der Waals surface area contributed by atoms with E-state index in [-0.39, 0.29) is 19.5 Å². The molecule has 2 N–H and O–H groups in total. The maximum atomic E-state index is 7.87. The first-order chi connectivity index (χ1) is 6.00. The molecule has 0 unspecified atom stereocenters. The van der Waals surface area contributed by atoms with Crippen LogP contribution in [0.25, 0.3) is 0 Å². The quantitative estimate of drug-likeness (QED) is 0.298. The van der Waals surface area contributed by atoms with Crippen molar-refractivity contribution >= 4 is 29.7 Å². The third-order valence-electron chi connectivity index (χ3n) is 0.607. The molecule has 76 valence electrons. The molecule has 0 bridgehead atoms. The van der Waals surface area contributed by atoms with Gasteiger partial charge >= 0.3 is 19.5 Å². The summed E-state index contributed by atoms with van der Waals surface area (Å²) in [5.74, 6) is 0. The number of rotatable bonds is 0. The first-order valence-electron chi connectivity index (χ1n) is 3.40. The third-order valence-corrected chi connectivity index (χ3v) is 0.607. The fourth-order valence-electron chi connectivity index (χ4n) is 0.342. The predicted octanol–water partition coefficient (Wildman–Crippen LogP) is 2.45. The van der Waals surface area contributed by atoms with Gasteiger partial charge in [0.05, 0.1) is 0 Å². The van der Waals surface area contributed by atoms with Crippen LogP contribution in [0.5, 0.6) is 0 Å². The molecular weight excluding hydrogens is 289 g/mol. The molecule has 0 aliphatic rings. The summed E-state index contributed by atoms with van der Waals surface area (Å²) in [7, 11) is 0. The predicted molar refractivity (Wildman–Crippen MR) is 64.0 cm³/mol. The molecule has 0 radical (unpaired) electrons. The minimum atomic E-state index is -3.11. The van der Waals surface area contributed by atoms with Gasteiger partial charge in [0.25, 0.3) is 0 Å². The van der Waals surface area contributed by atoms with Gasteiger partial charge in [-0.05, 0) is 11.8 Å². The molecular formula is C8H13O2PS2Zn. The van der Waals surface area contributed by atoms with Gasteiger partial charge in [-0.2, -0.15) is 43.3 Å². The summed E-state index contributed by atoms with van der Waals surface area (Å²) in [6.07, 6.45) is 0. The molecule has 6 heteroatoms. The first-order valence-corrected chi connectivity index (χ1v) is 7.26. The summed E-state index contributed by atoms with van der Waals surface area (Å²) in [6, 6.07) is 12.5. The van der Waals surface area contributed by atoms with Crippen molar-refractivity contribution in [2.24, 2.45) is 0 Å². The number of benzene rings is 1. The normalized spacial score (nSPS) is 8.07. The molecule has 0 fully saturated rings. The molecule has 0 aliphatic carbocycles. The van der Waals surface area contributed by atoms with E-state index in [2.05, 4.69) is 37.0 Å². The van der Waals surface area contributed by atoms with Crippen molar-refractivity contribution in [3.8, 4) is 0 Å². The van der Waals surface area contributed by atoms with Gasteiger partial charge in [-0.15, -0.1) is 0 Å². The molecule has 14 heavy (non-hydrogen) atoms. The summed E-state index contributed by atoms with van der Waals surface area (Å²) in [4.78, 5) is 15.7. The van der Waals surface area contributed by atoms with Gasteiger partial charge in [-0.3, -0.25) is 0 Å². The Labute approximate surface area is 109 Å². The van der Waals surface area contributed by atoms with Crippen LogP contribution in [0.3, 0.4) is 0 Å². The molecule has 1 rings (SSSR count). The Morgan fingerprint density at radius 2 is 1.50 bits per heavy atom. The fraction of sp³-hybridized carbons (Fsp3) is 0.125. The molecule has 1 aromatic carbocycles. The molecule has 0 heterocycles. The Morgan fingerprint density at radius 3 is 1.57 bits per heavy atom. The van der Waals surface area contributed by atoms with Crippen LogP contribution in [0.2, 0.25) is 0 Å². The number of hydrogen-bond acceptors (Lipinski definition) is 1. The molecule has 0 saturated carbocycles. The van der Waals surface area contributed by atoms with Crippen molar-refractivity contribution < 1.29 is 29.3 Å². The van der Waals surface area contributed by atoms with Gasteiger partial charge in [0, 0.05) is 0 Å². The average Bonchev–Trinajstić information content (AvgIpc) is 2.08. The summed E-state index contributed by atoms with van der Waals surface area (Å²) in [5.41, 5.74) is -3.11. The average molecular weight is 302 g/mol. The minimum Gasteiger partial charge on any atom is -0.346 e. The molecule has 0 atom stereocenters. The molecule has 1 aromatic rings. The summed E-state index contributed by atoms with van der Waals surface area (Å²) < 4.78 is 0. The SMILES string of the molecule is OP(O)(=S)S.[CH2-]C.[Zn+2].[c-]1ccccc1. The van der Waals surface area contributed by atoms with Crippen molar-refractivity contribution in [3.05, 3.63) is 43.3 Å². The van der Waals surface area contributed by atoms with Gasteiger partial charge in [-0.25, -0.2) is 0 Å². The van der Waals surface area contributed by atoms with E-state index in [0.717, 1.165) is 0 Å². The maximum absolute atomic E-state index is 7.87. The summed E-state index contributed by atoms with van der Waals surface area (Å²) in [5, 5.41) is 0. The van der Waals surface area contributed by atoms with Gasteiger partial charge in [0.15, 0.2) is 0 Å². The van der Waals surface area contributed by atoms with E-state index in [1.807, 2.05) is 30.3 Å². The number of thiol groups is 1. The fourth-order valence-corrected chi connectivity index (χ4v) is 0.342. The second-order valence-corrected chi connectivity index (χ2v) is 6.63. The van der Waals surface area contributed by atoms with Crippen molar-refractivity contribution in [2.75, 3.05) is 0 Å². The largest absolute Gasteiger partial charge is 2.00 e. The third kappa shape index (κ3) is 38.6. The van der Waals surface area contributed by atoms with Gasteiger partial charge in [0.1, 0.15) is 0 Å². The van der Waals surface area contributed by atoms with Crippen LogP contribution in [-0.2, 0) is 31.3 Å². The van der Waals surface area contributed by atoms with Crippen LogP contribution >= 0.6 is 17.9 Å². The van der Waals surface area contributed by atoms with Crippen LogP contribution in [0.15, 0.2) is 30.3 Å². The topological polar surface area (TPSA) is 40.5 Å². The smallest absolute Gasteiger partial charge is 0.346 e. The van der Waals surface area contributed by atoms with E-state index in [9.17, 15) is 0 Å². The van der Waals surface area contributed by atoms with E-state index in [1.54, 1.807) is 6.92 Å². The maximum Gasteiger partial charge on any atom is 2.00 e. The van der Waals surface area contributed by atoms with Crippen molar-refractivity contribution in [3.63, 3.8) is 0 Å². The van der Waals surface area contributed by atoms with E-state index >= 15 is 0 Å². The van der Waals surface area contributed by atoms with E-state index < -0.39 is 5.69 Å². The Balaban J connectivity index is -0.000000141. The zero-order valence-electron chi connectivity index (χ0n) is 8.00. The standard InChI is InChI=1S/C6H5.C2H5.H3O2PS2.Zn/c1-2-4-6-5-3-1;1-2;1-3(2,4)5;/h1-5H;1H2,2H3;(H3,1,2,4,5);/q2*-1;;+2. The van der Waals surface area contributed by atoms with Crippen molar-refractivity contribution in [1.29, 1.82) is 0 Å². The zero-order valence-corrected chi connectivity index (χ0v) is 13.6. The summed E-state index contributed by atoms with van der Waals surface area (Å²) >= 11 is 7.07. The zero-order chi connectivity index (χ0) is 10.7. The van der Waals surface area contributed by atoms with E-state index in [1.165, 1.54) is 0 Å². The Bertz CT molecular complexity index is 193. The van der Waals surface area contributed by atoms with Crippen LogP contribution in [0, 0.1) is 13.0 Å². The summed E-state index contributed by atoms with van der Waals surface area (Å²) in [6.45, 7) is 5.00. The second kappa shape index (κ2) is 13.8. The molecule has 0 aromatic heterocycles.